The number of rotatable bonds is 6. The largest absolute Gasteiger partial charge is 0.479 e. The number of aliphatic carboxylic acids is 3. The molecule has 2 aromatic rings. The summed E-state index contributed by atoms with van der Waals surface area (Å²) in [5, 5.41) is 29.5. The molecule has 0 aromatic heterocycles. The number of carboxylic acids is 3. The Kier molecular flexibility index (Phi) is 5.32. The second-order valence-corrected chi connectivity index (χ2v) is 8.60. The average molecular weight is 449 g/mol. The van der Waals surface area contributed by atoms with E-state index in [9.17, 15) is 38.1 Å². The Hall–Kier alpha value is -3.73. The van der Waals surface area contributed by atoms with Crippen molar-refractivity contribution in [1.29, 1.82) is 0 Å². The highest BCUT2D eigenvalue weighted by atomic mass is 32.2. The number of sulfonamides is 1. The van der Waals surface area contributed by atoms with Gasteiger partial charge in [0.2, 0.25) is 5.95 Å². The molecule has 0 spiro atoms. The summed E-state index contributed by atoms with van der Waals surface area (Å²) in [7, 11) is -5.13. The van der Waals surface area contributed by atoms with Crippen molar-refractivity contribution in [3.63, 3.8) is 0 Å². The van der Waals surface area contributed by atoms with Gasteiger partial charge in [0.05, 0.1) is 10.8 Å². The summed E-state index contributed by atoms with van der Waals surface area (Å²) in [5.41, 5.74) is -4.36. The lowest BCUT2D eigenvalue weighted by molar-refractivity contribution is -0.163. The quantitative estimate of drug-likeness (QED) is 0.448. The summed E-state index contributed by atoms with van der Waals surface area (Å²) in [4.78, 5) is 35.9. The van der Waals surface area contributed by atoms with Crippen molar-refractivity contribution in [2.45, 2.75) is 23.3 Å². The van der Waals surface area contributed by atoms with E-state index in [1.54, 1.807) is 6.92 Å². The Labute approximate surface area is 175 Å². The second kappa shape index (κ2) is 7.51. The SMILES string of the molecule is Cc1ccc(S(=O)(=O)N2C(F)=C(C(=O)O)C(c3ccccc3)C2(C(=O)O)C(=O)O)cc1. The highest BCUT2D eigenvalue weighted by molar-refractivity contribution is 7.89. The minimum Gasteiger partial charge on any atom is -0.479 e. The number of nitrogens with zero attached hydrogens (tertiary/aromatic N) is 1. The number of hydrogen-bond acceptors (Lipinski definition) is 5. The molecule has 0 bridgehead atoms. The minimum atomic E-state index is -5.13. The third-order valence-electron chi connectivity index (χ3n) is 5.00. The van der Waals surface area contributed by atoms with Crippen LogP contribution in [0.25, 0.3) is 0 Å². The smallest absolute Gasteiger partial charge is 0.343 e. The van der Waals surface area contributed by atoms with Crippen LogP contribution in [0.1, 0.15) is 17.0 Å². The summed E-state index contributed by atoms with van der Waals surface area (Å²) in [6.07, 6.45) is 0. The van der Waals surface area contributed by atoms with Gasteiger partial charge in [-0.15, -0.1) is 0 Å². The molecule has 0 amide bonds. The third kappa shape index (κ3) is 3.13. The molecular weight excluding hydrogens is 433 g/mol. The van der Waals surface area contributed by atoms with Crippen molar-refractivity contribution >= 4 is 27.9 Å². The molecule has 1 heterocycles. The first-order valence-corrected chi connectivity index (χ1v) is 10.2. The molecule has 0 radical (unpaired) electrons. The van der Waals surface area contributed by atoms with Gasteiger partial charge in [-0.3, -0.25) is 0 Å². The van der Waals surface area contributed by atoms with E-state index in [1.807, 2.05) is 0 Å². The van der Waals surface area contributed by atoms with Gasteiger partial charge in [-0.25, -0.2) is 27.1 Å². The van der Waals surface area contributed by atoms with Gasteiger partial charge in [-0.05, 0) is 24.6 Å². The molecule has 2 aromatic carbocycles. The molecule has 0 saturated carbocycles. The van der Waals surface area contributed by atoms with Gasteiger partial charge < -0.3 is 15.3 Å². The lowest BCUT2D eigenvalue weighted by atomic mass is 9.77. The maximum absolute atomic E-state index is 15.4. The molecule has 3 N–H and O–H groups in total. The fourth-order valence-corrected chi connectivity index (χ4v) is 5.24. The fraction of sp³-hybridized carbons (Fsp3) is 0.150. The summed E-state index contributed by atoms with van der Waals surface area (Å²) in [6, 6.07) is 11.4. The lowest BCUT2D eigenvalue weighted by Crippen LogP contribution is -2.61. The van der Waals surface area contributed by atoms with E-state index in [0.29, 0.717) is 5.56 Å². The van der Waals surface area contributed by atoms with E-state index in [4.69, 9.17) is 0 Å². The summed E-state index contributed by atoms with van der Waals surface area (Å²) >= 11 is 0. The fourth-order valence-electron chi connectivity index (χ4n) is 3.60. The van der Waals surface area contributed by atoms with E-state index in [1.165, 1.54) is 42.5 Å². The number of aryl methyl sites for hydroxylation is 1. The number of benzene rings is 2. The van der Waals surface area contributed by atoms with Crippen LogP contribution in [0.15, 0.2) is 71.0 Å². The van der Waals surface area contributed by atoms with E-state index in [0.717, 1.165) is 12.1 Å². The van der Waals surface area contributed by atoms with Crippen LogP contribution in [0.2, 0.25) is 0 Å². The Morgan fingerprint density at radius 3 is 1.90 bits per heavy atom. The Balaban J connectivity index is 2.43. The van der Waals surface area contributed by atoms with Crippen molar-refractivity contribution in [1.82, 2.24) is 4.31 Å². The molecule has 0 fully saturated rings. The van der Waals surface area contributed by atoms with Crippen LogP contribution in [-0.2, 0) is 24.4 Å². The maximum Gasteiger partial charge on any atom is 0.343 e. The highest BCUT2D eigenvalue weighted by Gasteiger charge is 2.70. The van der Waals surface area contributed by atoms with Gasteiger partial charge in [0, 0.05) is 0 Å². The standard InChI is InChI=1S/C20H16FNO8S/c1-11-7-9-13(10-8-11)31(29,30)22-16(21)14(17(23)24)15(12-5-3-2-4-6-12)20(22,18(25)26)19(27)28/h2-10,15H,1H3,(H,23,24)(H,25,26)(H,27,28). The first-order valence-electron chi connectivity index (χ1n) is 8.74. The molecular formula is C20H16FNO8S. The van der Waals surface area contributed by atoms with Crippen molar-refractivity contribution in [3.05, 3.63) is 77.2 Å². The van der Waals surface area contributed by atoms with E-state index < -0.39 is 60.1 Å². The first kappa shape index (κ1) is 22.0. The molecule has 1 unspecified atom stereocenters. The van der Waals surface area contributed by atoms with Crippen LogP contribution in [0.5, 0.6) is 0 Å². The molecule has 1 atom stereocenters. The molecule has 11 heteroatoms. The molecule has 1 aliphatic heterocycles. The van der Waals surface area contributed by atoms with Crippen LogP contribution in [0, 0.1) is 6.92 Å². The van der Waals surface area contributed by atoms with Crippen LogP contribution in [0.3, 0.4) is 0 Å². The molecule has 0 aliphatic carbocycles. The second-order valence-electron chi connectivity index (χ2n) is 6.81. The summed E-state index contributed by atoms with van der Waals surface area (Å²) in [5.74, 6) is -10.6. The van der Waals surface area contributed by atoms with Crippen LogP contribution >= 0.6 is 0 Å². The van der Waals surface area contributed by atoms with Gasteiger partial charge in [-0.2, -0.15) is 4.39 Å². The van der Waals surface area contributed by atoms with Crippen LogP contribution in [0.4, 0.5) is 4.39 Å². The molecule has 1 aliphatic rings. The van der Waals surface area contributed by atoms with Crippen molar-refractivity contribution in [2.24, 2.45) is 0 Å². The molecule has 3 rings (SSSR count). The monoisotopic (exact) mass is 449 g/mol. The van der Waals surface area contributed by atoms with E-state index >= 15 is 4.39 Å². The number of carboxylic acid groups (broad SMARTS) is 3. The molecule has 162 valence electrons. The number of hydrogen-bond donors (Lipinski definition) is 3. The molecule has 31 heavy (non-hydrogen) atoms. The van der Waals surface area contributed by atoms with Crippen molar-refractivity contribution < 1.29 is 42.5 Å². The predicted octanol–water partition coefficient (Wildman–Crippen LogP) is 1.96. The van der Waals surface area contributed by atoms with Gasteiger partial charge in [0.15, 0.2) is 0 Å². The summed E-state index contributed by atoms with van der Waals surface area (Å²) < 4.78 is 41.5. The van der Waals surface area contributed by atoms with E-state index in [2.05, 4.69) is 0 Å². The topological polar surface area (TPSA) is 149 Å². The highest BCUT2D eigenvalue weighted by Crippen LogP contribution is 2.51. The van der Waals surface area contributed by atoms with Gasteiger partial charge in [-0.1, -0.05) is 48.0 Å². The van der Waals surface area contributed by atoms with E-state index in [-0.39, 0.29) is 5.56 Å². The van der Waals surface area contributed by atoms with Gasteiger partial charge >= 0.3 is 17.9 Å². The zero-order valence-electron chi connectivity index (χ0n) is 15.9. The van der Waals surface area contributed by atoms with Crippen LogP contribution in [-0.4, -0.2) is 51.5 Å². The van der Waals surface area contributed by atoms with Crippen molar-refractivity contribution in [3.8, 4) is 0 Å². The molecule has 0 saturated heterocycles. The zero-order valence-corrected chi connectivity index (χ0v) is 16.7. The van der Waals surface area contributed by atoms with Crippen LogP contribution < -0.4 is 0 Å². The number of halogens is 1. The number of carbonyl (C=O) groups is 3. The van der Waals surface area contributed by atoms with Crippen molar-refractivity contribution in [2.75, 3.05) is 0 Å². The Morgan fingerprint density at radius 2 is 1.45 bits per heavy atom. The normalized spacial score (nSPS) is 18.1. The Morgan fingerprint density at radius 1 is 0.935 bits per heavy atom. The third-order valence-corrected chi connectivity index (χ3v) is 6.80. The first-order chi connectivity index (χ1) is 14.5. The zero-order chi connectivity index (χ0) is 23.1. The molecule has 9 nitrogen and oxygen atoms in total. The predicted molar refractivity (Wildman–Crippen MR) is 103 cm³/mol. The average Bonchev–Trinajstić information content (AvgIpc) is 3.00. The van der Waals surface area contributed by atoms with Gasteiger partial charge in [0.1, 0.15) is 5.57 Å². The summed E-state index contributed by atoms with van der Waals surface area (Å²) in [6.45, 7) is 1.64. The lowest BCUT2D eigenvalue weighted by Gasteiger charge is -2.35. The minimum absolute atomic E-state index is 0.193. The Bertz CT molecular complexity index is 1190. The maximum atomic E-state index is 15.4. The van der Waals surface area contributed by atoms with Gasteiger partial charge in [0.25, 0.3) is 15.6 Å².